The van der Waals surface area contributed by atoms with Crippen molar-refractivity contribution in [1.82, 2.24) is 9.13 Å². The maximum Gasteiger partial charge on any atom is 0.332 e. The van der Waals surface area contributed by atoms with Crippen molar-refractivity contribution in [3.8, 4) is 16.2 Å². The van der Waals surface area contributed by atoms with E-state index < -0.39 is 23.8 Å². The minimum Gasteiger partial charge on any atom is -0.497 e. The lowest BCUT2D eigenvalue weighted by Gasteiger charge is -2.14. The summed E-state index contributed by atoms with van der Waals surface area (Å²) in [6.45, 7) is 1.67. The molecule has 2 aromatic heterocycles. The number of rotatable bonds is 9. The monoisotopic (exact) mass is 588 g/mol. The van der Waals surface area contributed by atoms with Gasteiger partial charge in [0.05, 0.1) is 25.6 Å². The average molecular weight is 590 g/mol. The maximum absolute atomic E-state index is 13.7. The van der Waals surface area contributed by atoms with Crippen molar-refractivity contribution in [3.63, 3.8) is 0 Å². The highest BCUT2D eigenvalue weighted by atomic mass is 79.9. The van der Waals surface area contributed by atoms with Crippen molar-refractivity contribution in [2.75, 3.05) is 20.0 Å². The molecule has 0 saturated heterocycles. The molecule has 0 unspecified atom stereocenters. The van der Waals surface area contributed by atoms with E-state index in [1.165, 1.54) is 11.3 Å². The van der Waals surface area contributed by atoms with Gasteiger partial charge in [-0.2, -0.15) is 0 Å². The van der Waals surface area contributed by atoms with Crippen LogP contribution in [0.3, 0.4) is 0 Å². The SMILES string of the molecule is CCOC(=O)Cn1c(=O)c2c(CBr)c(-c3ccc(OC)cc3)sc2n(Cc2ccccc2SC)c1=O. The number of aromatic nitrogens is 2. The minimum atomic E-state index is -0.627. The van der Waals surface area contributed by atoms with E-state index in [-0.39, 0.29) is 13.2 Å². The summed E-state index contributed by atoms with van der Waals surface area (Å²) >= 11 is 6.54. The highest BCUT2D eigenvalue weighted by Gasteiger charge is 2.24. The Labute approximate surface area is 224 Å². The summed E-state index contributed by atoms with van der Waals surface area (Å²) in [5.74, 6) is 0.0979. The number of esters is 1. The van der Waals surface area contributed by atoms with Gasteiger partial charge in [-0.1, -0.05) is 34.1 Å². The summed E-state index contributed by atoms with van der Waals surface area (Å²) in [5.41, 5.74) is 1.60. The number of fused-ring (bicyclic) bond motifs is 1. The zero-order valence-corrected chi connectivity index (χ0v) is 23.3. The molecule has 10 heteroatoms. The van der Waals surface area contributed by atoms with Crippen molar-refractivity contribution in [2.45, 2.75) is 30.2 Å². The molecule has 0 radical (unpaired) electrons. The standard InChI is InChI=1S/C26H25BrN2O5S2/c1-4-34-21(30)15-28-24(31)22-19(13-27)23(16-9-11-18(33-2)12-10-16)36-25(22)29(26(28)32)14-17-7-5-6-8-20(17)35-3/h5-12H,4,13-15H2,1-3H3. The third-order valence-electron chi connectivity index (χ3n) is 5.75. The first-order chi connectivity index (χ1) is 17.4. The molecule has 0 saturated carbocycles. The number of ether oxygens (including phenoxy) is 2. The Morgan fingerprint density at radius 3 is 2.44 bits per heavy atom. The second-order valence-electron chi connectivity index (χ2n) is 7.83. The molecule has 2 aromatic carbocycles. The fraction of sp³-hybridized carbons (Fsp3) is 0.269. The second-order valence-corrected chi connectivity index (χ2v) is 10.2. The third kappa shape index (κ3) is 5.02. The fourth-order valence-corrected chi connectivity index (χ4v) is 6.70. The van der Waals surface area contributed by atoms with Gasteiger partial charge in [-0.15, -0.1) is 23.1 Å². The number of benzene rings is 2. The van der Waals surface area contributed by atoms with Gasteiger partial charge in [0.1, 0.15) is 17.1 Å². The van der Waals surface area contributed by atoms with Gasteiger partial charge in [0.25, 0.3) is 5.56 Å². The van der Waals surface area contributed by atoms with Crippen LogP contribution in [0.2, 0.25) is 0 Å². The first-order valence-corrected chi connectivity index (χ1v) is 14.4. The molecule has 0 bridgehead atoms. The van der Waals surface area contributed by atoms with E-state index in [0.29, 0.717) is 15.5 Å². The molecule has 36 heavy (non-hydrogen) atoms. The van der Waals surface area contributed by atoms with Crippen LogP contribution in [0.1, 0.15) is 18.1 Å². The maximum atomic E-state index is 13.7. The van der Waals surface area contributed by atoms with Gasteiger partial charge in [-0.3, -0.25) is 14.2 Å². The van der Waals surface area contributed by atoms with Crippen LogP contribution in [-0.2, 0) is 28.0 Å². The molecule has 7 nitrogen and oxygen atoms in total. The largest absolute Gasteiger partial charge is 0.497 e. The number of nitrogens with zero attached hydrogens (tertiary/aromatic N) is 2. The lowest BCUT2D eigenvalue weighted by Crippen LogP contribution is -2.42. The van der Waals surface area contributed by atoms with Crippen molar-refractivity contribution < 1.29 is 14.3 Å². The van der Waals surface area contributed by atoms with E-state index in [2.05, 4.69) is 15.9 Å². The van der Waals surface area contributed by atoms with Crippen molar-refractivity contribution in [2.24, 2.45) is 0 Å². The van der Waals surface area contributed by atoms with E-state index in [1.807, 2.05) is 54.8 Å². The summed E-state index contributed by atoms with van der Waals surface area (Å²) in [5, 5.41) is 0.830. The number of carbonyl (C=O) groups excluding carboxylic acids is 1. The number of halogens is 1. The minimum absolute atomic E-state index is 0.165. The van der Waals surface area contributed by atoms with Crippen molar-refractivity contribution >= 4 is 55.2 Å². The van der Waals surface area contributed by atoms with Crippen LogP contribution in [0.25, 0.3) is 20.7 Å². The normalized spacial score (nSPS) is 11.1. The van der Waals surface area contributed by atoms with E-state index >= 15 is 0 Å². The summed E-state index contributed by atoms with van der Waals surface area (Å²) in [4.78, 5) is 42.1. The molecule has 0 atom stereocenters. The number of hydrogen-bond acceptors (Lipinski definition) is 7. The number of alkyl halides is 1. The van der Waals surface area contributed by atoms with Crippen LogP contribution in [0, 0.1) is 0 Å². The van der Waals surface area contributed by atoms with Gasteiger partial charge in [0, 0.05) is 15.1 Å². The van der Waals surface area contributed by atoms with Gasteiger partial charge in [-0.05, 0) is 60.2 Å². The van der Waals surface area contributed by atoms with Crippen LogP contribution in [0.5, 0.6) is 5.75 Å². The Morgan fingerprint density at radius 1 is 1.08 bits per heavy atom. The number of hydrogen-bond donors (Lipinski definition) is 0. The molecule has 0 aliphatic carbocycles. The zero-order valence-electron chi connectivity index (χ0n) is 20.1. The quantitative estimate of drug-likeness (QED) is 0.153. The van der Waals surface area contributed by atoms with Crippen molar-refractivity contribution in [1.29, 1.82) is 0 Å². The third-order valence-corrected chi connectivity index (χ3v) is 8.46. The molecule has 0 spiro atoms. The number of methoxy groups -OCH3 is 1. The molecule has 4 aromatic rings. The van der Waals surface area contributed by atoms with Crippen LogP contribution < -0.4 is 16.0 Å². The summed E-state index contributed by atoms with van der Waals surface area (Å²) in [6, 6.07) is 15.4. The smallest absolute Gasteiger partial charge is 0.332 e. The Balaban J connectivity index is 2.01. The number of thiophene rings is 1. The van der Waals surface area contributed by atoms with Crippen LogP contribution in [0.15, 0.2) is 63.0 Å². The molecule has 188 valence electrons. The lowest BCUT2D eigenvalue weighted by molar-refractivity contribution is -0.143. The summed E-state index contributed by atoms with van der Waals surface area (Å²) in [6.07, 6.45) is 1.98. The first-order valence-electron chi connectivity index (χ1n) is 11.2. The highest BCUT2D eigenvalue weighted by molar-refractivity contribution is 9.08. The lowest BCUT2D eigenvalue weighted by atomic mass is 10.1. The molecule has 0 fully saturated rings. The van der Waals surface area contributed by atoms with E-state index in [0.717, 1.165) is 36.8 Å². The summed E-state index contributed by atoms with van der Waals surface area (Å²) < 4.78 is 12.9. The Hall–Kier alpha value is -2.82. The average Bonchev–Trinajstić information content (AvgIpc) is 3.29. The second kappa shape index (κ2) is 11.5. The molecule has 0 aliphatic rings. The van der Waals surface area contributed by atoms with Crippen LogP contribution >= 0.6 is 39.0 Å². The van der Waals surface area contributed by atoms with Gasteiger partial charge < -0.3 is 9.47 Å². The number of carbonyl (C=O) groups is 1. The van der Waals surface area contributed by atoms with E-state index in [9.17, 15) is 14.4 Å². The molecular weight excluding hydrogens is 564 g/mol. The molecule has 0 N–H and O–H groups in total. The van der Waals surface area contributed by atoms with Crippen LogP contribution in [0.4, 0.5) is 0 Å². The van der Waals surface area contributed by atoms with Crippen LogP contribution in [-0.4, -0.2) is 35.1 Å². The Bertz CT molecular complexity index is 1520. The topological polar surface area (TPSA) is 79.5 Å². The molecular formula is C26H25BrN2O5S2. The first kappa shape index (κ1) is 26.2. The molecule has 0 aliphatic heterocycles. The number of thioether (sulfide) groups is 1. The Kier molecular flexibility index (Phi) is 8.38. The molecule has 2 heterocycles. The van der Waals surface area contributed by atoms with Gasteiger partial charge in [0.2, 0.25) is 0 Å². The van der Waals surface area contributed by atoms with Gasteiger partial charge >= 0.3 is 11.7 Å². The summed E-state index contributed by atoms with van der Waals surface area (Å²) in [7, 11) is 1.61. The van der Waals surface area contributed by atoms with E-state index in [4.69, 9.17) is 9.47 Å². The predicted molar refractivity (Wildman–Crippen MR) is 149 cm³/mol. The zero-order chi connectivity index (χ0) is 25.8. The Morgan fingerprint density at radius 2 is 1.81 bits per heavy atom. The van der Waals surface area contributed by atoms with Gasteiger partial charge in [0.15, 0.2) is 0 Å². The predicted octanol–water partition coefficient (Wildman–Crippen LogP) is 5.13. The van der Waals surface area contributed by atoms with Crippen molar-refractivity contribution in [3.05, 3.63) is 80.5 Å². The highest BCUT2D eigenvalue weighted by Crippen LogP contribution is 2.39. The fourth-order valence-electron chi connectivity index (χ4n) is 4.04. The molecule has 4 rings (SSSR count). The molecule has 0 amide bonds. The van der Waals surface area contributed by atoms with Gasteiger partial charge in [-0.25, -0.2) is 9.36 Å². The van der Waals surface area contributed by atoms with E-state index in [1.54, 1.807) is 30.4 Å².